The highest BCUT2D eigenvalue weighted by Crippen LogP contribution is 2.35. The van der Waals surface area contributed by atoms with E-state index < -0.39 is 0 Å². The van der Waals surface area contributed by atoms with Crippen molar-refractivity contribution in [3.63, 3.8) is 0 Å². The maximum absolute atomic E-state index is 4.96. The summed E-state index contributed by atoms with van der Waals surface area (Å²) < 4.78 is 0. The van der Waals surface area contributed by atoms with Gasteiger partial charge >= 0.3 is 0 Å². The average molecular weight is 519 g/mol. The van der Waals surface area contributed by atoms with Crippen molar-refractivity contribution in [2.24, 2.45) is 0 Å². The first-order valence-electron chi connectivity index (χ1n) is 12.4. The molecule has 0 spiro atoms. The summed E-state index contributed by atoms with van der Waals surface area (Å²) in [6.45, 7) is 0. The Morgan fingerprint density at radius 3 is 1.43 bits per heavy atom. The van der Waals surface area contributed by atoms with Crippen molar-refractivity contribution in [1.29, 1.82) is 0 Å². The predicted octanol–water partition coefficient (Wildman–Crippen LogP) is 4.45. The van der Waals surface area contributed by atoms with Crippen LogP contribution in [0, 0.1) is 0 Å². The van der Waals surface area contributed by atoms with Crippen LogP contribution in [0.15, 0.2) is 73.3 Å². The van der Waals surface area contributed by atoms with Crippen LogP contribution in [-0.4, -0.2) is 59.8 Å². The van der Waals surface area contributed by atoms with Gasteiger partial charge in [-0.15, -0.1) is 0 Å². The minimum absolute atomic E-state index is 0.356. The third kappa shape index (κ3) is 2.95. The summed E-state index contributed by atoms with van der Waals surface area (Å²) in [5, 5.41) is 1.79. The summed E-state index contributed by atoms with van der Waals surface area (Å²) in [5.41, 5.74) is 6.03. The Hall–Kier alpha value is -6.04. The molecular weight excluding hydrogens is 504 g/mol. The monoisotopic (exact) mass is 518 g/mol. The van der Waals surface area contributed by atoms with Crippen LogP contribution in [0.3, 0.4) is 0 Å². The van der Waals surface area contributed by atoms with E-state index >= 15 is 0 Å². The molecule has 186 valence electrons. The molecule has 0 atom stereocenters. The highest BCUT2D eigenvalue weighted by molar-refractivity contribution is 6.05. The van der Waals surface area contributed by atoms with E-state index in [4.69, 9.17) is 29.9 Å². The molecule has 40 heavy (non-hydrogen) atoms. The third-order valence-electron chi connectivity index (χ3n) is 6.88. The molecule has 0 radical (unpaired) electrons. The lowest BCUT2D eigenvalue weighted by Gasteiger charge is -1.96. The number of aromatic nitrogens is 12. The first kappa shape index (κ1) is 21.0. The molecule has 7 aromatic rings. The first-order chi connectivity index (χ1) is 19.8. The van der Waals surface area contributed by atoms with Gasteiger partial charge in [0.25, 0.3) is 0 Å². The molecule has 0 fully saturated rings. The fourth-order valence-corrected chi connectivity index (χ4v) is 5.11. The van der Waals surface area contributed by atoms with E-state index in [9.17, 15) is 0 Å². The van der Waals surface area contributed by atoms with Crippen LogP contribution in [-0.2, 0) is 0 Å². The van der Waals surface area contributed by atoms with Gasteiger partial charge in [0.2, 0.25) is 0 Å². The minimum Gasteiger partial charge on any atom is -0.324 e. The normalized spacial score (nSPS) is 12.0. The van der Waals surface area contributed by atoms with E-state index in [2.05, 4.69) is 29.9 Å². The number of H-pyrrole nitrogens is 2. The van der Waals surface area contributed by atoms with E-state index in [-0.39, 0.29) is 0 Å². The Kier molecular flexibility index (Phi) is 4.05. The zero-order valence-corrected chi connectivity index (χ0v) is 20.4. The van der Waals surface area contributed by atoms with E-state index in [1.807, 2.05) is 48.5 Å². The second-order valence-corrected chi connectivity index (χ2v) is 9.21. The van der Waals surface area contributed by atoms with Crippen LogP contribution >= 0.6 is 0 Å². The van der Waals surface area contributed by atoms with E-state index in [0.29, 0.717) is 68.3 Å². The lowest BCUT2D eigenvalue weighted by Crippen LogP contribution is -1.88. The summed E-state index contributed by atoms with van der Waals surface area (Å²) in [4.78, 5) is 53.8. The maximum atomic E-state index is 4.96. The second kappa shape index (κ2) is 7.74. The number of fused-ring (bicyclic) bond motifs is 20. The van der Waals surface area contributed by atoms with Crippen LogP contribution in [0.5, 0.6) is 0 Å². The van der Waals surface area contributed by atoms with Crippen molar-refractivity contribution in [3.05, 3.63) is 73.3 Å². The number of benzene rings is 2. The maximum Gasteiger partial charge on any atom is 0.184 e. The fraction of sp³-hybridized carbons (Fsp3) is 0. The van der Waals surface area contributed by atoms with Gasteiger partial charge in [-0.1, -0.05) is 48.5 Å². The van der Waals surface area contributed by atoms with Gasteiger partial charge in [-0.3, -0.25) is 0 Å². The number of aromatic amines is 2. The summed E-state index contributed by atoms with van der Waals surface area (Å²) >= 11 is 0. The summed E-state index contributed by atoms with van der Waals surface area (Å²) in [6.07, 6.45) is 6.44. The fourth-order valence-electron chi connectivity index (χ4n) is 5.11. The summed E-state index contributed by atoms with van der Waals surface area (Å²) in [5.74, 6) is 1.79. The summed E-state index contributed by atoms with van der Waals surface area (Å²) in [7, 11) is 0. The summed E-state index contributed by atoms with van der Waals surface area (Å²) in [6, 6.07) is 15.8. The van der Waals surface area contributed by atoms with Crippen molar-refractivity contribution in [1.82, 2.24) is 59.8 Å². The van der Waals surface area contributed by atoms with Crippen molar-refractivity contribution in [2.75, 3.05) is 0 Å². The molecule has 5 aromatic heterocycles. The molecule has 12 nitrogen and oxygen atoms in total. The van der Waals surface area contributed by atoms with E-state index in [0.717, 1.165) is 21.9 Å². The van der Waals surface area contributed by atoms with Crippen LogP contribution in [0.25, 0.3) is 90.2 Å². The number of hydrogen-bond acceptors (Lipinski definition) is 10. The zero-order valence-electron chi connectivity index (χ0n) is 20.4. The molecule has 0 amide bonds. The third-order valence-corrected chi connectivity index (χ3v) is 6.88. The van der Waals surface area contributed by atoms with Crippen molar-refractivity contribution >= 4 is 44.4 Å². The predicted molar refractivity (Wildman–Crippen MR) is 147 cm³/mol. The van der Waals surface area contributed by atoms with Gasteiger partial charge in [-0.25, -0.2) is 49.8 Å². The molecule has 2 N–H and O–H groups in total. The topological polar surface area (TPSA) is 160 Å². The molecule has 8 bridgehead atoms. The van der Waals surface area contributed by atoms with Crippen LogP contribution in [0.4, 0.5) is 0 Å². The molecule has 12 heteroatoms. The molecule has 7 heterocycles. The minimum atomic E-state index is 0.356. The highest BCUT2D eigenvalue weighted by Gasteiger charge is 2.23. The molecule has 2 aliphatic rings. The Bertz CT molecular complexity index is 2030. The van der Waals surface area contributed by atoms with Gasteiger partial charge in [-0.05, 0) is 0 Å². The lowest BCUT2D eigenvalue weighted by molar-refractivity contribution is 1.18. The first-order valence-corrected chi connectivity index (χ1v) is 12.4. The van der Waals surface area contributed by atoms with E-state index in [1.165, 1.54) is 0 Å². The number of nitrogens with zero attached hydrogens (tertiary/aromatic N) is 10. The Balaban J connectivity index is 1.51. The quantitative estimate of drug-likeness (QED) is 0.293. The van der Waals surface area contributed by atoms with Gasteiger partial charge < -0.3 is 9.97 Å². The Morgan fingerprint density at radius 1 is 0.400 bits per heavy atom. The molecule has 2 aliphatic heterocycles. The molecule has 9 rings (SSSR count). The average Bonchev–Trinajstić information content (AvgIpc) is 3.73. The number of rotatable bonds is 0. The Morgan fingerprint density at radius 2 is 0.825 bits per heavy atom. The number of hydrogen-bond donors (Lipinski definition) is 2. The van der Waals surface area contributed by atoms with Crippen molar-refractivity contribution in [3.8, 4) is 45.8 Å². The van der Waals surface area contributed by atoms with Gasteiger partial charge in [-0.2, -0.15) is 0 Å². The molecule has 0 saturated heterocycles. The largest absolute Gasteiger partial charge is 0.324 e. The van der Waals surface area contributed by atoms with Crippen LogP contribution in [0.1, 0.15) is 0 Å². The standard InChI is InChI=1S/C28H14N12/c1-3-7-15-13(5-1)21-33-22-14-6-2-4-8-16(14)24(35-22)37-26-18-20(32-12-10-30-18)28(39-26)40-27-19-17(29-9-11-31-19)25(38-27)36-23(15)34-21/h1-12H,(H2,33,34,35,36,37,38,39,40). The van der Waals surface area contributed by atoms with Crippen LogP contribution < -0.4 is 0 Å². The molecule has 0 unspecified atom stereocenters. The van der Waals surface area contributed by atoms with E-state index in [1.54, 1.807) is 24.8 Å². The second-order valence-electron chi connectivity index (χ2n) is 9.21. The molecule has 2 aromatic carbocycles. The number of nitrogens with one attached hydrogen (secondary N) is 2. The highest BCUT2D eigenvalue weighted by atomic mass is 15.1. The molecule has 0 aliphatic carbocycles. The molecular formula is C28H14N12. The van der Waals surface area contributed by atoms with Gasteiger partial charge in [0.15, 0.2) is 34.6 Å². The zero-order chi connectivity index (χ0) is 26.2. The lowest BCUT2D eigenvalue weighted by atomic mass is 10.1. The van der Waals surface area contributed by atoms with Crippen LogP contribution in [0.2, 0.25) is 0 Å². The van der Waals surface area contributed by atoms with Gasteiger partial charge in [0.05, 0.1) is 0 Å². The van der Waals surface area contributed by atoms with Crippen molar-refractivity contribution < 1.29 is 0 Å². The Labute approximate surface area is 223 Å². The smallest absolute Gasteiger partial charge is 0.184 e. The SMILES string of the molecule is c1ccc2c(c1)-c1nc-2nc2[nH]c(nc3nc(nc4[nH]c(n1)c1ccccc41)-c1nccnc1-3)c1nccnc21. The molecule has 0 saturated carbocycles. The van der Waals surface area contributed by atoms with Gasteiger partial charge in [0.1, 0.15) is 33.7 Å². The van der Waals surface area contributed by atoms with Gasteiger partial charge in [0, 0.05) is 46.7 Å². The van der Waals surface area contributed by atoms with Crippen molar-refractivity contribution in [2.45, 2.75) is 0 Å².